The molecule has 0 bridgehead atoms. The fourth-order valence-electron chi connectivity index (χ4n) is 1.90. The third kappa shape index (κ3) is 5.45. The molecule has 86 valence electrons. The van der Waals surface area contributed by atoms with Crippen LogP contribution in [0.15, 0.2) is 36.4 Å². The summed E-state index contributed by atoms with van der Waals surface area (Å²) in [6, 6.07) is 10.5. The van der Waals surface area contributed by atoms with Gasteiger partial charge in [0.25, 0.3) is 0 Å². The molecule has 0 saturated carbocycles. The van der Waals surface area contributed by atoms with Crippen LogP contribution in [0.4, 0.5) is 0 Å². The molecule has 0 aliphatic carbocycles. The third-order valence-corrected chi connectivity index (χ3v) is 3.94. The summed E-state index contributed by atoms with van der Waals surface area (Å²) in [5, 5.41) is 0.543. The molecule has 1 heterocycles. The number of rotatable bonds is 4. The van der Waals surface area contributed by atoms with E-state index in [0.717, 1.165) is 13.0 Å². The summed E-state index contributed by atoms with van der Waals surface area (Å²) in [6.07, 6.45) is 5.53. The zero-order valence-electron chi connectivity index (χ0n) is 10.5. The molecule has 1 aliphatic rings. The summed E-state index contributed by atoms with van der Waals surface area (Å²) in [7, 11) is 0. The molecule has 1 aliphatic heterocycles. The van der Waals surface area contributed by atoms with E-state index in [4.69, 9.17) is 0 Å². The molecule has 1 aromatic carbocycles. The molecule has 2 rings (SSSR count). The molecular formula is C14H18CsNS. The van der Waals surface area contributed by atoms with Gasteiger partial charge in [0, 0.05) is 12.3 Å². The van der Waals surface area contributed by atoms with Crippen LogP contribution in [0.3, 0.4) is 0 Å². The van der Waals surface area contributed by atoms with Crippen LogP contribution in [-0.4, -0.2) is 29.1 Å². The number of hydrogen-bond acceptors (Lipinski definition) is 2. The van der Waals surface area contributed by atoms with E-state index in [-0.39, 0.29) is 68.9 Å². The normalized spacial score (nSPS) is 20.6. The van der Waals surface area contributed by atoms with E-state index in [1.165, 1.54) is 17.9 Å². The summed E-state index contributed by atoms with van der Waals surface area (Å²) in [6.45, 7) is 6.23. The van der Waals surface area contributed by atoms with Crippen LogP contribution in [0.5, 0.6) is 0 Å². The van der Waals surface area contributed by atoms with E-state index in [1.807, 2.05) is 11.8 Å². The number of benzene rings is 1. The third-order valence-electron chi connectivity index (χ3n) is 2.73. The van der Waals surface area contributed by atoms with E-state index in [2.05, 4.69) is 54.3 Å². The Labute approximate surface area is 168 Å². The quantitative estimate of drug-likeness (QED) is 0.707. The largest absolute Gasteiger partial charge is 1.00 e. The minimum absolute atomic E-state index is 0. The average molecular weight is 365 g/mol. The smallest absolute Gasteiger partial charge is 0.342 e. The topological polar surface area (TPSA) is 3.24 Å². The molecule has 0 spiro atoms. The van der Waals surface area contributed by atoms with Crippen molar-refractivity contribution >= 4 is 17.8 Å². The Morgan fingerprint density at radius 3 is 2.82 bits per heavy atom. The Bertz CT molecular complexity index is 339. The van der Waals surface area contributed by atoms with Crippen molar-refractivity contribution in [2.75, 3.05) is 18.8 Å². The molecule has 0 radical (unpaired) electrons. The first-order valence-corrected chi connectivity index (χ1v) is 6.83. The van der Waals surface area contributed by atoms with E-state index in [1.54, 1.807) is 0 Å². The Morgan fingerprint density at radius 2 is 2.12 bits per heavy atom. The molecule has 1 unspecified atom stereocenters. The van der Waals surface area contributed by atoms with Gasteiger partial charge >= 0.3 is 68.9 Å². The van der Waals surface area contributed by atoms with Gasteiger partial charge in [-0.15, -0.1) is 11.8 Å². The van der Waals surface area contributed by atoms with Crippen molar-refractivity contribution in [3.05, 3.63) is 48.9 Å². The molecule has 1 aromatic rings. The van der Waals surface area contributed by atoms with Gasteiger partial charge in [-0.1, -0.05) is 42.5 Å². The van der Waals surface area contributed by atoms with Crippen LogP contribution >= 0.6 is 11.8 Å². The standard InChI is InChI=1S/C14H18NS.Cs/c1-2-10-15-11-12-16-14(15)9-8-13-6-4-3-5-7-13;/h3-9,14H,1-2,10-12H2;/q-1;+1/b9-8+;. The second-order valence-electron chi connectivity index (χ2n) is 3.92. The predicted molar refractivity (Wildman–Crippen MR) is 73.3 cm³/mol. The fraction of sp³-hybridized carbons (Fsp3) is 0.357. The van der Waals surface area contributed by atoms with Crippen LogP contribution in [0.2, 0.25) is 0 Å². The van der Waals surface area contributed by atoms with Crippen LogP contribution < -0.4 is 68.9 Å². The van der Waals surface area contributed by atoms with Crippen LogP contribution in [0.25, 0.3) is 6.08 Å². The van der Waals surface area contributed by atoms with E-state index < -0.39 is 0 Å². The average Bonchev–Trinajstić information content (AvgIpc) is 2.76. The molecule has 0 N–H and O–H groups in total. The molecule has 0 amide bonds. The number of thioether (sulfide) groups is 1. The molecular weight excluding hydrogens is 347 g/mol. The van der Waals surface area contributed by atoms with Crippen molar-refractivity contribution in [1.29, 1.82) is 0 Å². The van der Waals surface area contributed by atoms with Gasteiger partial charge in [-0.2, -0.15) is 6.42 Å². The Kier molecular flexibility index (Phi) is 8.92. The summed E-state index contributed by atoms with van der Waals surface area (Å²) in [5.74, 6) is 1.24. The van der Waals surface area contributed by atoms with Crippen LogP contribution in [0.1, 0.15) is 12.0 Å². The zero-order valence-corrected chi connectivity index (χ0v) is 17.6. The van der Waals surface area contributed by atoms with Crippen molar-refractivity contribution in [1.82, 2.24) is 4.90 Å². The van der Waals surface area contributed by atoms with Gasteiger partial charge in [0.05, 0.1) is 5.37 Å². The summed E-state index contributed by atoms with van der Waals surface area (Å²) < 4.78 is 0. The molecule has 1 nitrogen and oxygen atoms in total. The molecule has 1 fully saturated rings. The van der Waals surface area contributed by atoms with E-state index in [0.29, 0.717) is 5.37 Å². The van der Waals surface area contributed by atoms with Crippen molar-refractivity contribution in [3.8, 4) is 0 Å². The first kappa shape index (κ1) is 16.4. The Hall–Kier alpha value is 1.32. The molecule has 1 saturated heterocycles. The second-order valence-corrected chi connectivity index (χ2v) is 5.15. The molecule has 0 aromatic heterocycles. The summed E-state index contributed by atoms with van der Waals surface area (Å²) in [5.41, 5.74) is 1.28. The van der Waals surface area contributed by atoms with Crippen LogP contribution in [0, 0.1) is 6.92 Å². The van der Waals surface area contributed by atoms with Gasteiger partial charge in [0.15, 0.2) is 0 Å². The van der Waals surface area contributed by atoms with Gasteiger partial charge in [0.2, 0.25) is 0 Å². The van der Waals surface area contributed by atoms with Gasteiger partial charge in [-0.25, -0.2) is 0 Å². The second kappa shape index (κ2) is 9.26. The summed E-state index contributed by atoms with van der Waals surface area (Å²) >= 11 is 2.02. The molecule has 17 heavy (non-hydrogen) atoms. The van der Waals surface area contributed by atoms with Crippen molar-refractivity contribution in [3.63, 3.8) is 0 Å². The van der Waals surface area contributed by atoms with Gasteiger partial charge in [-0.05, 0) is 12.1 Å². The minimum Gasteiger partial charge on any atom is -0.342 e. The van der Waals surface area contributed by atoms with E-state index >= 15 is 0 Å². The molecule has 1 atom stereocenters. The monoisotopic (exact) mass is 365 g/mol. The number of hydrogen-bond donors (Lipinski definition) is 0. The first-order chi connectivity index (χ1) is 7.90. The van der Waals surface area contributed by atoms with Crippen molar-refractivity contribution < 1.29 is 68.9 Å². The van der Waals surface area contributed by atoms with Gasteiger partial charge in [-0.3, -0.25) is 4.90 Å². The zero-order chi connectivity index (χ0) is 11.2. The predicted octanol–water partition coefficient (Wildman–Crippen LogP) is 0.303. The first-order valence-electron chi connectivity index (χ1n) is 5.78. The molecule has 3 heteroatoms. The van der Waals surface area contributed by atoms with E-state index in [9.17, 15) is 0 Å². The maximum Gasteiger partial charge on any atom is 1.00 e. The maximum atomic E-state index is 3.93. The Balaban J connectivity index is 0.00000144. The minimum atomic E-state index is 0. The van der Waals surface area contributed by atoms with Gasteiger partial charge < -0.3 is 6.92 Å². The number of nitrogens with zero attached hydrogens (tertiary/aromatic N) is 1. The van der Waals surface area contributed by atoms with Crippen molar-refractivity contribution in [2.24, 2.45) is 0 Å². The summed E-state index contributed by atoms with van der Waals surface area (Å²) in [4.78, 5) is 2.50. The van der Waals surface area contributed by atoms with Gasteiger partial charge in [0.1, 0.15) is 0 Å². The van der Waals surface area contributed by atoms with Crippen LogP contribution in [-0.2, 0) is 0 Å². The SMILES string of the molecule is [CH2-]CCN1CCSC1/C=C/c1ccccc1.[Cs+]. The fourth-order valence-corrected chi connectivity index (χ4v) is 3.09. The van der Waals surface area contributed by atoms with Crippen molar-refractivity contribution in [2.45, 2.75) is 11.8 Å². The maximum absolute atomic E-state index is 3.93. The Morgan fingerprint density at radius 1 is 1.35 bits per heavy atom.